The second-order valence-corrected chi connectivity index (χ2v) is 5.19. The number of nitrogens with one attached hydrogen (secondary N) is 1. The van der Waals surface area contributed by atoms with E-state index in [9.17, 15) is 4.39 Å². The van der Waals surface area contributed by atoms with Crippen LogP contribution in [0.3, 0.4) is 0 Å². The minimum atomic E-state index is -0.252. The molecule has 1 aromatic heterocycles. The summed E-state index contributed by atoms with van der Waals surface area (Å²) in [6, 6.07) is 6.49. The summed E-state index contributed by atoms with van der Waals surface area (Å²) in [4.78, 5) is 0. The third-order valence-electron chi connectivity index (χ3n) is 3.29. The lowest BCUT2D eigenvalue weighted by Gasteiger charge is -2.07. The minimum Gasteiger partial charge on any atom is -0.485 e. The molecule has 1 aromatic carbocycles. The van der Waals surface area contributed by atoms with Gasteiger partial charge in [-0.15, -0.1) is 0 Å². The van der Waals surface area contributed by atoms with E-state index in [-0.39, 0.29) is 5.82 Å². The maximum Gasteiger partial charge on any atom is 0.146 e. The molecule has 4 heteroatoms. The van der Waals surface area contributed by atoms with Crippen molar-refractivity contribution in [1.82, 2.24) is 5.32 Å². The van der Waals surface area contributed by atoms with Gasteiger partial charge in [0.05, 0.1) is 6.54 Å². The van der Waals surface area contributed by atoms with Crippen molar-refractivity contribution in [2.75, 3.05) is 6.54 Å². The van der Waals surface area contributed by atoms with E-state index < -0.39 is 0 Å². The molecule has 0 saturated carbocycles. The molecule has 0 aliphatic rings. The Kier molecular flexibility index (Phi) is 5.39. The fourth-order valence-electron chi connectivity index (χ4n) is 2.14. The molecule has 0 aliphatic carbocycles. The van der Waals surface area contributed by atoms with Gasteiger partial charge in [-0.1, -0.05) is 6.92 Å². The molecule has 3 nitrogen and oxygen atoms in total. The molecule has 114 valence electrons. The molecule has 0 unspecified atom stereocenters. The Morgan fingerprint density at radius 3 is 2.71 bits per heavy atom. The molecule has 0 bridgehead atoms. The van der Waals surface area contributed by atoms with Gasteiger partial charge in [0.2, 0.25) is 0 Å². The predicted molar refractivity (Wildman–Crippen MR) is 80.9 cm³/mol. The Labute approximate surface area is 125 Å². The number of hydrogen-bond acceptors (Lipinski definition) is 3. The summed E-state index contributed by atoms with van der Waals surface area (Å²) in [5.74, 6) is 2.15. The highest BCUT2D eigenvalue weighted by Crippen LogP contribution is 2.21. The van der Waals surface area contributed by atoms with Gasteiger partial charge in [0.15, 0.2) is 0 Å². The molecule has 0 aliphatic heterocycles. The maximum absolute atomic E-state index is 13.0. The van der Waals surface area contributed by atoms with Gasteiger partial charge in [0, 0.05) is 0 Å². The Balaban J connectivity index is 1.95. The highest BCUT2D eigenvalue weighted by molar-refractivity contribution is 5.32. The monoisotopic (exact) mass is 291 g/mol. The van der Waals surface area contributed by atoms with Crippen LogP contribution in [-0.2, 0) is 13.2 Å². The van der Waals surface area contributed by atoms with Crippen molar-refractivity contribution in [3.63, 3.8) is 0 Å². The number of ether oxygens (including phenoxy) is 1. The van der Waals surface area contributed by atoms with Crippen LogP contribution < -0.4 is 10.1 Å². The largest absolute Gasteiger partial charge is 0.485 e. The van der Waals surface area contributed by atoms with Crippen molar-refractivity contribution in [2.45, 2.75) is 40.3 Å². The van der Waals surface area contributed by atoms with Crippen LogP contribution in [-0.4, -0.2) is 6.54 Å². The van der Waals surface area contributed by atoms with Crippen molar-refractivity contribution in [1.29, 1.82) is 0 Å². The zero-order valence-electron chi connectivity index (χ0n) is 12.8. The van der Waals surface area contributed by atoms with Gasteiger partial charge in [0.25, 0.3) is 0 Å². The van der Waals surface area contributed by atoms with Gasteiger partial charge >= 0.3 is 0 Å². The van der Waals surface area contributed by atoms with Crippen molar-refractivity contribution >= 4 is 0 Å². The SMILES string of the molecule is CCCNCc1oc(COc2ccc(F)cc2C)cc1C. The summed E-state index contributed by atoms with van der Waals surface area (Å²) >= 11 is 0. The zero-order valence-corrected chi connectivity index (χ0v) is 12.8. The third kappa shape index (κ3) is 4.33. The van der Waals surface area contributed by atoms with Gasteiger partial charge in [-0.05, 0) is 62.2 Å². The Morgan fingerprint density at radius 1 is 1.19 bits per heavy atom. The highest BCUT2D eigenvalue weighted by atomic mass is 19.1. The molecular formula is C17H22FNO2. The lowest BCUT2D eigenvalue weighted by Crippen LogP contribution is -2.13. The Bertz CT molecular complexity index is 592. The average molecular weight is 291 g/mol. The van der Waals surface area contributed by atoms with E-state index in [0.717, 1.165) is 42.2 Å². The summed E-state index contributed by atoms with van der Waals surface area (Å²) in [7, 11) is 0. The normalized spacial score (nSPS) is 10.9. The molecule has 0 fully saturated rings. The fraction of sp³-hybridized carbons (Fsp3) is 0.412. The molecular weight excluding hydrogens is 269 g/mol. The molecule has 0 spiro atoms. The molecule has 0 radical (unpaired) electrons. The van der Waals surface area contributed by atoms with Gasteiger partial charge in [-0.2, -0.15) is 0 Å². The summed E-state index contributed by atoms with van der Waals surface area (Å²) < 4.78 is 24.5. The first-order chi connectivity index (χ1) is 10.1. The van der Waals surface area contributed by atoms with Crippen molar-refractivity contribution in [3.8, 4) is 5.75 Å². The van der Waals surface area contributed by atoms with Gasteiger partial charge < -0.3 is 14.5 Å². The lowest BCUT2D eigenvalue weighted by molar-refractivity contribution is 0.263. The first-order valence-electron chi connectivity index (χ1n) is 7.28. The van der Waals surface area contributed by atoms with E-state index >= 15 is 0 Å². The second-order valence-electron chi connectivity index (χ2n) is 5.19. The lowest BCUT2D eigenvalue weighted by atomic mass is 10.2. The number of aryl methyl sites for hydroxylation is 2. The van der Waals surface area contributed by atoms with E-state index in [4.69, 9.17) is 9.15 Å². The average Bonchev–Trinajstić information content (AvgIpc) is 2.79. The topological polar surface area (TPSA) is 34.4 Å². The predicted octanol–water partition coefficient (Wildman–Crippen LogP) is 4.11. The molecule has 0 atom stereocenters. The summed E-state index contributed by atoms with van der Waals surface area (Å²) in [5.41, 5.74) is 1.90. The van der Waals surface area contributed by atoms with Crippen molar-refractivity contribution in [3.05, 3.63) is 52.7 Å². The van der Waals surface area contributed by atoms with Crippen LogP contribution in [0.5, 0.6) is 5.75 Å². The number of rotatable bonds is 7. The number of furan rings is 1. The summed E-state index contributed by atoms with van der Waals surface area (Å²) in [6.45, 7) is 8.04. The van der Waals surface area contributed by atoms with Crippen LogP contribution in [0.1, 0.15) is 36.0 Å². The molecule has 1 N–H and O–H groups in total. The molecule has 2 aromatic rings. The fourth-order valence-corrected chi connectivity index (χ4v) is 2.14. The quantitative estimate of drug-likeness (QED) is 0.779. The van der Waals surface area contributed by atoms with Crippen molar-refractivity contribution in [2.24, 2.45) is 0 Å². The van der Waals surface area contributed by atoms with E-state index in [1.54, 1.807) is 6.07 Å². The number of benzene rings is 1. The second kappa shape index (κ2) is 7.27. The molecule has 0 saturated heterocycles. The van der Waals surface area contributed by atoms with E-state index in [0.29, 0.717) is 12.4 Å². The molecule has 1 heterocycles. The van der Waals surface area contributed by atoms with E-state index in [1.807, 2.05) is 19.9 Å². The minimum absolute atomic E-state index is 0.252. The van der Waals surface area contributed by atoms with Gasteiger partial charge in [-0.25, -0.2) is 4.39 Å². The van der Waals surface area contributed by atoms with Crippen LogP contribution in [0.2, 0.25) is 0 Å². The van der Waals surface area contributed by atoms with E-state index in [1.165, 1.54) is 12.1 Å². The highest BCUT2D eigenvalue weighted by Gasteiger charge is 2.09. The van der Waals surface area contributed by atoms with Crippen LogP contribution >= 0.6 is 0 Å². The zero-order chi connectivity index (χ0) is 15.2. The van der Waals surface area contributed by atoms with Gasteiger partial charge in [0.1, 0.15) is 29.7 Å². The van der Waals surface area contributed by atoms with Crippen LogP contribution in [0.25, 0.3) is 0 Å². The first kappa shape index (κ1) is 15.6. The van der Waals surface area contributed by atoms with Crippen LogP contribution in [0, 0.1) is 19.7 Å². The Hall–Kier alpha value is -1.81. The van der Waals surface area contributed by atoms with Gasteiger partial charge in [-0.3, -0.25) is 0 Å². The Morgan fingerprint density at radius 2 is 2.00 bits per heavy atom. The first-order valence-corrected chi connectivity index (χ1v) is 7.28. The third-order valence-corrected chi connectivity index (χ3v) is 3.29. The maximum atomic E-state index is 13.0. The number of hydrogen-bond donors (Lipinski definition) is 1. The van der Waals surface area contributed by atoms with E-state index in [2.05, 4.69) is 12.2 Å². The molecule has 2 rings (SSSR count). The summed E-state index contributed by atoms with van der Waals surface area (Å²) in [6.07, 6.45) is 1.10. The smallest absolute Gasteiger partial charge is 0.146 e. The number of halogens is 1. The molecule has 0 amide bonds. The molecule has 21 heavy (non-hydrogen) atoms. The standard InChI is InChI=1S/C17H22FNO2/c1-4-7-19-10-17-13(3)9-15(21-17)11-20-16-6-5-14(18)8-12(16)2/h5-6,8-9,19H,4,7,10-11H2,1-3H3. The summed E-state index contributed by atoms with van der Waals surface area (Å²) in [5, 5.41) is 3.32. The van der Waals surface area contributed by atoms with Crippen LogP contribution in [0.4, 0.5) is 4.39 Å². The van der Waals surface area contributed by atoms with Crippen LogP contribution in [0.15, 0.2) is 28.7 Å². The van der Waals surface area contributed by atoms with Crippen molar-refractivity contribution < 1.29 is 13.5 Å².